The molecule has 1 rings (SSSR count). The molecule has 0 heterocycles. The highest BCUT2D eigenvalue weighted by molar-refractivity contribution is 6.01. The Morgan fingerprint density at radius 1 is 1.29 bits per heavy atom. The molecule has 0 radical (unpaired) electrons. The van der Waals surface area contributed by atoms with Crippen molar-refractivity contribution in [2.24, 2.45) is 17.3 Å². The van der Waals surface area contributed by atoms with Gasteiger partial charge in [0, 0.05) is 12.3 Å². The fourth-order valence-electron chi connectivity index (χ4n) is 2.22. The number of carbonyl (C=O) groups is 2. The summed E-state index contributed by atoms with van der Waals surface area (Å²) in [7, 11) is 0. The highest BCUT2D eigenvalue weighted by Crippen LogP contribution is 2.38. The van der Waals surface area contributed by atoms with Crippen LogP contribution in [-0.2, 0) is 19.1 Å². The Balaban J connectivity index is 3.10. The summed E-state index contributed by atoms with van der Waals surface area (Å²) in [4.78, 5) is 24.8. The van der Waals surface area contributed by atoms with Crippen LogP contribution >= 0.6 is 0 Å². The van der Waals surface area contributed by atoms with E-state index in [4.69, 9.17) is 15.9 Å². The molecule has 0 aliphatic heterocycles. The van der Waals surface area contributed by atoms with Gasteiger partial charge < -0.3 is 9.47 Å². The zero-order valence-electron chi connectivity index (χ0n) is 13.1. The van der Waals surface area contributed by atoms with Crippen LogP contribution in [0.15, 0.2) is 12.2 Å². The summed E-state index contributed by atoms with van der Waals surface area (Å²) in [6.07, 6.45) is 11.6. The second-order valence-corrected chi connectivity index (χ2v) is 5.30. The Hall–Kier alpha value is -1.76. The van der Waals surface area contributed by atoms with Crippen molar-refractivity contribution in [2.75, 3.05) is 13.2 Å². The predicted octanol–water partition coefficient (Wildman–Crippen LogP) is 2.72. The van der Waals surface area contributed by atoms with Crippen LogP contribution in [0.5, 0.6) is 0 Å². The third-order valence-electron chi connectivity index (χ3n) is 3.73. The summed E-state index contributed by atoms with van der Waals surface area (Å²) in [5.74, 6) is 1.42. The van der Waals surface area contributed by atoms with Crippen LogP contribution in [0.4, 0.5) is 0 Å². The number of ether oxygens (including phenoxy) is 2. The molecule has 1 fully saturated rings. The number of allylic oxidation sites excluding steroid dienone is 2. The van der Waals surface area contributed by atoms with E-state index in [-0.39, 0.29) is 25.6 Å². The zero-order chi connectivity index (χ0) is 15.9. The van der Waals surface area contributed by atoms with Gasteiger partial charge in [0.25, 0.3) is 0 Å². The number of rotatable bonds is 8. The molecule has 0 aromatic heterocycles. The second-order valence-electron chi connectivity index (χ2n) is 5.30. The lowest BCUT2D eigenvalue weighted by molar-refractivity contribution is -0.174. The topological polar surface area (TPSA) is 52.6 Å². The third kappa shape index (κ3) is 4.10. The average molecular weight is 292 g/mol. The maximum absolute atomic E-state index is 12.4. The number of hydrogen-bond donors (Lipinski definition) is 0. The van der Waals surface area contributed by atoms with E-state index in [1.54, 1.807) is 13.8 Å². The van der Waals surface area contributed by atoms with E-state index < -0.39 is 17.4 Å². The molecule has 0 spiro atoms. The molecule has 1 aliphatic rings. The molecule has 1 aliphatic carbocycles. The van der Waals surface area contributed by atoms with Crippen LogP contribution in [0.2, 0.25) is 0 Å². The first-order valence-electron chi connectivity index (χ1n) is 7.49. The van der Waals surface area contributed by atoms with Gasteiger partial charge in [0.05, 0.1) is 13.2 Å². The summed E-state index contributed by atoms with van der Waals surface area (Å²) in [5.41, 5.74) is -1.45. The summed E-state index contributed by atoms with van der Waals surface area (Å²) < 4.78 is 10.2. The van der Waals surface area contributed by atoms with E-state index in [1.807, 2.05) is 19.1 Å². The van der Waals surface area contributed by atoms with E-state index >= 15 is 0 Å². The molecule has 21 heavy (non-hydrogen) atoms. The van der Waals surface area contributed by atoms with Gasteiger partial charge in [0.15, 0.2) is 5.41 Å². The predicted molar refractivity (Wildman–Crippen MR) is 80.2 cm³/mol. The van der Waals surface area contributed by atoms with Crippen molar-refractivity contribution in [2.45, 2.75) is 40.0 Å². The van der Waals surface area contributed by atoms with E-state index in [0.717, 1.165) is 12.8 Å². The van der Waals surface area contributed by atoms with Crippen molar-refractivity contribution in [1.82, 2.24) is 0 Å². The van der Waals surface area contributed by atoms with Gasteiger partial charge in [0.1, 0.15) is 0 Å². The van der Waals surface area contributed by atoms with Crippen LogP contribution < -0.4 is 0 Å². The minimum atomic E-state index is -1.45. The molecule has 0 aromatic carbocycles. The van der Waals surface area contributed by atoms with Gasteiger partial charge in [0.2, 0.25) is 0 Å². The number of carbonyl (C=O) groups excluding carboxylic acids is 2. The van der Waals surface area contributed by atoms with Crippen LogP contribution in [0, 0.1) is 29.6 Å². The molecule has 116 valence electrons. The van der Waals surface area contributed by atoms with E-state index in [0.29, 0.717) is 5.92 Å². The number of terminal acetylenes is 1. The van der Waals surface area contributed by atoms with Crippen LogP contribution in [0.25, 0.3) is 0 Å². The van der Waals surface area contributed by atoms with E-state index in [2.05, 4.69) is 5.92 Å². The highest BCUT2D eigenvalue weighted by Gasteiger charge is 2.52. The van der Waals surface area contributed by atoms with Crippen LogP contribution in [0.3, 0.4) is 0 Å². The van der Waals surface area contributed by atoms with Crippen LogP contribution in [0.1, 0.15) is 40.0 Å². The van der Waals surface area contributed by atoms with Crippen molar-refractivity contribution < 1.29 is 19.1 Å². The summed E-state index contributed by atoms with van der Waals surface area (Å²) >= 11 is 0. The monoisotopic (exact) mass is 292 g/mol. The maximum Gasteiger partial charge on any atom is 0.325 e. The molecule has 0 N–H and O–H groups in total. The molecular weight excluding hydrogens is 268 g/mol. The molecule has 1 saturated carbocycles. The Morgan fingerprint density at radius 3 is 2.19 bits per heavy atom. The van der Waals surface area contributed by atoms with Crippen LogP contribution in [-0.4, -0.2) is 25.2 Å². The molecule has 0 bridgehead atoms. The minimum Gasteiger partial charge on any atom is -0.465 e. The first-order valence-corrected chi connectivity index (χ1v) is 7.49. The Labute approximate surface area is 126 Å². The van der Waals surface area contributed by atoms with Gasteiger partial charge >= 0.3 is 11.9 Å². The standard InChI is InChI=1S/C17H24O4/c1-5-12-17(15(18)20-6-2,16(19)21-7-3)13(4)8-9-14-10-11-14/h1,8-9,13-14H,6-7,10-12H2,2-4H3/b9-8+. The Bertz CT molecular complexity index is 422. The quantitative estimate of drug-likeness (QED) is 0.299. The normalized spacial score (nSPS) is 16.3. The summed E-state index contributed by atoms with van der Waals surface area (Å²) in [5, 5.41) is 0. The molecule has 0 amide bonds. The molecule has 0 saturated heterocycles. The number of esters is 2. The smallest absolute Gasteiger partial charge is 0.325 e. The molecule has 0 aromatic rings. The van der Waals surface area contributed by atoms with Gasteiger partial charge in [-0.25, -0.2) is 0 Å². The van der Waals surface area contributed by atoms with Gasteiger partial charge in [-0.1, -0.05) is 19.1 Å². The lowest BCUT2D eigenvalue weighted by Crippen LogP contribution is -2.46. The van der Waals surface area contributed by atoms with Gasteiger partial charge in [-0.05, 0) is 32.6 Å². The third-order valence-corrected chi connectivity index (χ3v) is 3.73. The SMILES string of the molecule is C#CCC(C(=O)OCC)(C(=O)OCC)C(C)/C=C/C1CC1. The van der Waals surface area contributed by atoms with Gasteiger partial charge in [-0.2, -0.15) is 0 Å². The molecular formula is C17H24O4. The molecule has 1 unspecified atom stereocenters. The van der Waals surface area contributed by atoms with Crippen molar-refractivity contribution in [1.29, 1.82) is 0 Å². The molecule has 4 nitrogen and oxygen atoms in total. The first-order chi connectivity index (χ1) is 10.0. The van der Waals surface area contributed by atoms with Crippen molar-refractivity contribution in [3.63, 3.8) is 0 Å². The highest BCUT2D eigenvalue weighted by atomic mass is 16.6. The molecule has 1 atom stereocenters. The fourth-order valence-corrected chi connectivity index (χ4v) is 2.22. The average Bonchev–Trinajstić information content (AvgIpc) is 3.26. The van der Waals surface area contributed by atoms with E-state index in [1.165, 1.54) is 0 Å². The lowest BCUT2D eigenvalue weighted by Gasteiger charge is -2.31. The summed E-state index contributed by atoms with van der Waals surface area (Å²) in [6, 6.07) is 0. The zero-order valence-corrected chi connectivity index (χ0v) is 13.1. The summed E-state index contributed by atoms with van der Waals surface area (Å²) in [6.45, 7) is 5.61. The minimum absolute atomic E-state index is 0.0269. The van der Waals surface area contributed by atoms with Gasteiger partial charge in [-0.15, -0.1) is 12.3 Å². The second kappa shape index (κ2) is 7.87. The number of hydrogen-bond acceptors (Lipinski definition) is 4. The first kappa shape index (κ1) is 17.3. The Kier molecular flexibility index (Phi) is 6.48. The van der Waals surface area contributed by atoms with Gasteiger partial charge in [-0.3, -0.25) is 9.59 Å². The largest absolute Gasteiger partial charge is 0.465 e. The molecule has 4 heteroatoms. The van der Waals surface area contributed by atoms with Crippen molar-refractivity contribution >= 4 is 11.9 Å². The maximum atomic E-state index is 12.4. The fraction of sp³-hybridized carbons (Fsp3) is 0.647. The van der Waals surface area contributed by atoms with E-state index in [9.17, 15) is 9.59 Å². The van der Waals surface area contributed by atoms with Crippen molar-refractivity contribution in [3.05, 3.63) is 12.2 Å². The lowest BCUT2D eigenvalue weighted by atomic mass is 9.73. The van der Waals surface area contributed by atoms with Crippen molar-refractivity contribution in [3.8, 4) is 12.3 Å². The Morgan fingerprint density at radius 2 is 1.81 bits per heavy atom.